The van der Waals surface area contributed by atoms with Crippen molar-refractivity contribution < 1.29 is 14.4 Å². The Morgan fingerprint density at radius 1 is 0.962 bits per heavy atom. The van der Waals surface area contributed by atoms with Crippen molar-refractivity contribution in [2.24, 2.45) is 23.3 Å². The third-order valence-corrected chi connectivity index (χ3v) is 4.41. The predicted octanol–water partition coefficient (Wildman–Crippen LogP) is 0.922. The average Bonchev–Trinajstić information content (AvgIpc) is 2.58. The summed E-state index contributed by atoms with van der Waals surface area (Å²) in [5.41, 5.74) is 11.3. The van der Waals surface area contributed by atoms with Crippen LogP contribution in [0.3, 0.4) is 0 Å². The number of amides is 2. The molecule has 3 atom stereocenters. The highest BCUT2D eigenvalue weighted by atomic mass is 35.5. The summed E-state index contributed by atoms with van der Waals surface area (Å²) in [5, 5.41) is 5.45. The van der Waals surface area contributed by atoms with Gasteiger partial charge in [-0.05, 0) is 44.1 Å². The number of rotatable bonds is 13. The molecule has 0 aromatic carbocycles. The Hall–Kier alpha value is -1.18. The molecule has 0 radical (unpaired) electrons. The van der Waals surface area contributed by atoms with Gasteiger partial charge in [0.2, 0.25) is 11.8 Å². The van der Waals surface area contributed by atoms with Crippen molar-refractivity contribution in [3.05, 3.63) is 0 Å². The summed E-state index contributed by atoms with van der Waals surface area (Å²) in [6.45, 7) is 8.12. The largest absolute Gasteiger partial charge is 0.344 e. The van der Waals surface area contributed by atoms with Crippen molar-refractivity contribution in [3.8, 4) is 0 Å². The lowest BCUT2D eigenvalue weighted by Crippen LogP contribution is -2.55. The molecule has 0 aromatic rings. The van der Waals surface area contributed by atoms with E-state index in [2.05, 4.69) is 10.6 Å². The van der Waals surface area contributed by atoms with Crippen molar-refractivity contribution >= 4 is 29.2 Å². The molecule has 0 bridgehead atoms. The van der Waals surface area contributed by atoms with E-state index in [9.17, 15) is 14.4 Å². The number of ketones is 1. The van der Waals surface area contributed by atoms with Gasteiger partial charge in [0.25, 0.3) is 0 Å². The first kappa shape index (κ1) is 24.8. The molecule has 0 aromatic heterocycles. The molecule has 152 valence electrons. The van der Waals surface area contributed by atoms with E-state index in [1.807, 2.05) is 27.7 Å². The van der Waals surface area contributed by atoms with Crippen LogP contribution in [0.1, 0.15) is 53.4 Å². The summed E-state index contributed by atoms with van der Waals surface area (Å²) >= 11 is 5.66. The topological polar surface area (TPSA) is 127 Å². The minimum absolute atomic E-state index is 0.0420. The number of alkyl halides is 1. The Morgan fingerprint density at radius 2 is 1.54 bits per heavy atom. The molecule has 0 spiro atoms. The first-order valence-corrected chi connectivity index (χ1v) is 9.82. The van der Waals surface area contributed by atoms with Crippen LogP contribution in [0.2, 0.25) is 0 Å². The zero-order valence-electron chi connectivity index (χ0n) is 16.4. The molecule has 26 heavy (non-hydrogen) atoms. The summed E-state index contributed by atoms with van der Waals surface area (Å²) in [7, 11) is 0. The SMILES string of the molecule is CC(C)C[C@H](NC(=O)[C@@H](N)C(C)C)C(=O)N[C@@H](CCCCN)C(=O)CCl. The van der Waals surface area contributed by atoms with Gasteiger partial charge in [0.15, 0.2) is 5.78 Å². The molecule has 0 saturated carbocycles. The van der Waals surface area contributed by atoms with E-state index in [1.165, 1.54) is 0 Å². The summed E-state index contributed by atoms with van der Waals surface area (Å²) in [6.07, 6.45) is 2.40. The van der Waals surface area contributed by atoms with E-state index in [4.69, 9.17) is 23.1 Å². The lowest BCUT2D eigenvalue weighted by molar-refractivity contribution is -0.132. The molecule has 8 heteroatoms. The molecule has 0 unspecified atom stereocenters. The van der Waals surface area contributed by atoms with Crippen molar-refractivity contribution in [1.29, 1.82) is 0 Å². The number of hydrogen-bond donors (Lipinski definition) is 4. The Bertz CT molecular complexity index is 458. The molecule has 2 amide bonds. The average molecular weight is 391 g/mol. The first-order chi connectivity index (χ1) is 12.1. The molecule has 0 fully saturated rings. The maximum absolute atomic E-state index is 12.7. The molecule has 0 heterocycles. The van der Waals surface area contributed by atoms with Gasteiger partial charge in [-0.15, -0.1) is 11.6 Å². The summed E-state index contributed by atoms with van der Waals surface area (Å²) in [4.78, 5) is 37.0. The highest BCUT2D eigenvalue weighted by molar-refractivity contribution is 6.28. The summed E-state index contributed by atoms with van der Waals surface area (Å²) in [6, 6.07) is -2.10. The third-order valence-electron chi connectivity index (χ3n) is 4.14. The van der Waals surface area contributed by atoms with E-state index >= 15 is 0 Å². The van der Waals surface area contributed by atoms with Gasteiger partial charge in [-0.25, -0.2) is 0 Å². The van der Waals surface area contributed by atoms with Gasteiger partial charge < -0.3 is 22.1 Å². The lowest BCUT2D eigenvalue weighted by Gasteiger charge is -2.25. The standard InChI is InChI=1S/C18H35ClN4O3/c1-11(2)9-14(23-18(26)16(21)12(3)4)17(25)22-13(15(24)10-19)7-5-6-8-20/h11-14,16H,5-10,20-21H2,1-4H3,(H,22,25)(H,23,26)/t13-,14-,16-/m0/s1. The summed E-state index contributed by atoms with van der Waals surface area (Å²) < 4.78 is 0. The number of halogens is 1. The molecule has 0 aliphatic rings. The van der Waals surface area contributed by atoms with E-state index in [0.717, 1.165) is 6.42 Å². The van der Waals surface area contributed by atoms with Crippen molar-refractivity contribution in [3.63, 3.8) is 0 Å². The molecule has 0 rings (SSSR count). The van der Waals surface area contributed by atoms with Crippen LogP contribution < -0.4 is 22.1 Å². The van der Waals surface area contributed by atoms with Crippen LogP contribution in [0.25, 0.3) is 0 Å². The van der Waals surface area contributed by atoms with Gasteiger partial charge in [0.05, 0.1) is 18.0 Å². The fourth-order valence-corrected chi connectivity index (χ4v) is 2.63. The lowest BCUT2D eigenvalue weighted by atomic mass is 9.99. The smallest absolute Gasteiger partial charge is 0.243 e. The molecule has 7 nitrogen and oxygen atoms in total. The van der Waals surface area contributed by atoms with Crippen LogP contribution in [0.4, 0.5) is 0 Å². The Balaban J connectivity index is 5.06. The van der Waals surface area contributed by atoms with E-state index in [1.54, 1.807) is 0 Å². The molecule has 0 aliphatic heterocycles. The van der Waals surface area contributed by atoms with Gasteiger partial charge in [0.1, 0.15) is 6.04 Å². The van der Waals surface area contributed by atoms with Crippen LogP contribution in [-0.2, 0) is 14.4 Å². The van der Waals surface area contributed by atoms with Crippen molar-refractivity contribution in [2.75, 3.05) is 12.4 Å². The molecular formula is C18H35ClN4O3. The van der Waals surface area contributed by atoms with E-state index < -0.39 is 18.1 Å². The number of nitrogens with two attached hydrogens (primary N) is 2. The number of Topliss-reactive ketones (excluding diaryl/α,β-unsaturated/α-hetero) is 1. The number of hydrogen-bond acceptors (Lipinski definition) is 5. The zero-order valence-corrected chi connectivity index (χ0v) is 17.1. The number of carbonyl (C=O) groups excluding carboxylic acids is 3. The van der Waals surface area contributed by atoms with Crippen molar-refractivity contribution in [2.45, 2.75) is 71.5 Å². The van der Waals surface area contributed by atoms with Gasteiger partial charge in [-0.3, -0.25) is 14.4 Å². The molecule has 0 saturated heterocycles. The van der Waals surface area contributed by atoms with Crippen LogP contribution in [-0.4, -0.2) is 48.1 Å². The monoisotopic (exact) mass is 390 g/mol. The van der Waals surface area contributed by atoms with Gasteiger partial charge >= 0.3 is 0 Å². The predicted molar refractivity (Wildman–Crippen MR) is 105 cm³/mol. The van der Waals surface area contributed by atoms with E-state index in [-0.39, 0.29) is 35.3 Å². The Labute approximate surface area is 162 Å². The second-order valence-corrected chi connectivity index (χ2v) is 7.67. The van der Waals surface area contributed by atoms with Gasteiger partial charge in [-0.1, -0.05) is 27.7 Å². The third kappa shape index (κ3) is 9.50. The molecule has 6 N–H and O–H groups in total. The number of unbranched alkanes of at least 4 members (excludes halogenated alkanes) is 1. The van der Waals surface area contributed by atoms with Gasteiger partial charge in [-0.2, -0.15) is 0 Å². The van der Waals surface area contributed by atoms with Crippen molar-refractivity contribution in [1.82, 2.24) is 10.6 Å². The number of carbonyl (C=O) groups is 3. The fourth-order valence-electron chi connectivity index (χ4n) is 2.45. The van der Waals surface area contributed by atoms with E-state index in [0.29, 0.717) is 25.8 Å². The maximum Gasteiger partial charge on any atom is 0.243 e. The molecule has 0 aliphatic carbocycles. The second kappa shape index (κ2) is 13.1. The fraction of sp³-hybridized carbons (Fsp3) is 0.833. The first-order valence-electron chi connectivity index (χ1n) is 9.29. The highest BCUT2D eigenvalue weighted by Crippen LogP contribution is 2.09. The zero-order chi connectivity index (χ0) is 20.3. The van der Waals surface area contributed by atoms with Crippen LogP contribution >= 0.6 is 11.6 Å². The maximum atomic E-state index is 12.7. The highest BCUT2D eigenvalue weighted by Gasteiger charge is 2.28. The normalized spacial score (nSPS) is 14.8. The number of nitrogens with one attached hydrogen (secondary N) is 2. The molecular weight excluding hydrogens is 356 g/mol. The quantitative estimate of drug-likeness (QED) is 0.274. The summed E-state index contributed by atoms with van der Waals surface area (Å²) in [5.74, 6) is -1.04. The van der Waals surface area contributed by atoms with Crippen LogP contribution in [0, 0.1) is 11.8 Å². The minimum atomic E-state index is -0.743. The Morgan fingerprint density at radius 3 is 2.00 bits per heavy atom. The van der Waals surface area contributed by atoms with Gasteiger partial charge in [0, 0.05) is 0 Å². The second-order valence-electron chi connectivity index (χ2n) is 7.41. The van der Waals surface area contributed by atoms with Crippen LogP contribution in [0.5, 0.6) is 0 Å². The minimum Gasteiger partial charge on any atom is -0.344 e. The van der Waals surface area contributed by atoms with Crippen LogP contribution in [0.15, 0.2) is 0 Å². The Kier molecular flexibility index (Phi) is 12.5.